The van der Waals surface area contributed by atoms with Gasteiger partial charge in [-0.2, -0.15) is 10.2 Å². The number of hydrogen-bond donors (Lipinski definition) is 1. The Morgan fingerprint density at radius 3 is 2.51 bits per heavy atom. The van der Waals surface area contributed by atoms with E-state index in [1.165, 1.54) is 0 Å². The Hall–Kier alpha value is -4.78. The Morgan fingerprint density at radius 1 is 0.914 bits per heavy atom. The van der Waals surface area contributed by atoms with Gasteiger partial charge in [0.15, 0.2) is 0 Å². The minimum atomic E-state index is -0.172. The summed E-state index contributed by atoms with van der Waals surface area (Å²) in [5, 5.41) is 11.9. The molecule has 3 aromatic heterocycles. The molecule has 0 saturated heterocycles. The summed E-state index contributed by atoms with van der Waals surface area (Å²) in [7, 11) is 0. The van der Waals surface area contributed by atoms with Crippen LogP contribution in [0.15, 0.2) is 110 Å². The van der Waals surface area contributed by atoms with Crippen LogP contribution >= 0.6 is 0 Å². The Bertz CT molecular complexity index is 1410. The van der Waals surface area contributed by atoms with Crippen LogP contribution in [0.4, 0.5) is 0 Å². The van der Waals surface area contributed by atoms with Crippen molar-refractivity contribution >= 4 is 12.0 Å². The molecule has 0 unspecified atom stereocenters. The Morgan fingerprint density at radius 2 is 1.77 bits per heavy atom. The minimum Gasteiger partial charge on any atom is -0.348 e. The highest BCUT2D eigenvalue weighted by atomic mass is 16.1. The van der Waals surface area contributed by atoms with Gasteiger partial charge in [-0.1, -0.05) is 42.5 Å². The van der Waals surface area contributed by atoms with E-state index in [4.69, 9.17) is 5.10 Å². The largest absolute Gasteiger partial charge is 0.348 e. The molecule has 172 valence electrons. The predicted molar refractivity (Wildman–Crippen MR) is 135 cm³/mol. The number of carbonyl (C=O) groups excluding carboxylic acids is 1. The fourth-order valence-electron chi connectivity index (χ4n) is 3.74. The van der Waals surface area contributed by atoms with Gasteiger partial charge in [-0.15, -0.1) is 0 Å². The van der Waals surface area contributed by atoms with E-state index >= 15 is 0 Å². The molecule has 7 nitrogen and oxygen atoms in total. The van der Waals surface area contributed by atoms with Gasteiger partial charge in [0.25, 0.3) is 0 Å². The average Bonchev–Trinajstić information content (AvgIpc) is 3.58. The highest BCUT2D eigenvalue weighted by Gasteiger charge is 2.10. The lowest BCUT2D eigenvalue weighted by Crippen LogP contribution is -2.20. The molecule has 1 amide bonds. The standard InChI is InChI=1S/C28H24N6O/c35-27(30-18-22-9-12-26(13-10-22)34-17-5-16-31-34)14-11-25-21-33(20-23-6-2-1-3-7-23)32-28(25)24-8-4-15-29-19-24/h1-17,19,21H,18,20H2,(H,30,35)/b14-11+. The SMILES string of the molecule is O=C(/C=C/c1cn(Cc2ccccc2)nc1-c1cccnc1)NCc1ccc(-n2cccn2)cc1. The molecular weight excluding hydrogens is 436 g/mol. The molecule has 7 heteroatoms. The van der Waals surface area contributed by atoms with Crippen molar-refractivity contribution in [3.8, 4) is 16.9 Å². The number of carbonyl (C=O) groups is 1. The molecule has 0 atom stereocenters. The highest BCUT2D eigenvalue weighted by molar-refractivity contribution is 5.92. The summed E-state index contributed by atoms with van der Waals surface area (Å²) in [6, 6.07) is 23.8. The summed E-state index contributed by atoms with van der Waals surface area (Å²) in [4.78, 5) is 16.8. The van der Waals surface area contributed by atoms with Gasteiger partial charge in [0, 0.05) is 54.7 Å². The molecule has 0 bridgehead atoms. The molecule has 1 N–H and O–H groups in total. The molecule has 5 rings (SSSR count). The molecule has 2 aromatic carbocycles. The molecule has 0 aliphatic rings. The van der Waals surface area contributed by atoms with Gasteiger partial charge in [0.1, 0.15) is 5.69 Å². The third-order valence-corrected chi connectivity index (χ3v) is 5.50. The smallest absolute Gasteiger partial charge is 0.244 e. The molecule has 0 fully saturated rings. The number of benzene rings is 2. The van der Waals surface area contributed by atoms with Crippen LogP contribution in [0.5, 0.6) is 0 Å². The summed E-state index contributed by atoms with van der Waals surface area (Å²) < 4.78 is 3.68. The second-order valence-corrected chi connectivity index (χ2v) is 8.03. The zero-order chi connectivity index (χ0) is 23.9. The van der Waals surface area contributed by atoms with E-state index in [-0.39, 0.29) is 5.91 Å². The van der Waals surface area contributed by atoms with Crippen molar-refractivity contribution in [1.82, 2.24) is 29.9 Å². The van der Waals surface area contributed by atoms with Crippen LogP contribution in [-0.2, 0) is 17.9 Å². The maximum Gasteiger partial charge on any atom is 0.244 e. The van der Waals surface area contributed by atoms with E-state index in [1.54, 1.807) is 35.4 Å². The van der Waals surface area contributed by atoms with Crippen molar-refractivity contribution < 1.29 is 4.79 Å². The molecule has 0 aliphatic heterocycles. The van der Waals surface area contributed by atoms with E-state index in [0.29, 0.717) is 13.1 Å². The Kier molecular flexibility index (Phi) is 6.57. The second-order valence-electron chi connectivity index (χ2n) is 8.03. The number of pyridine rings is 1. The molecule has 3 heterocycles. The van der Waals surface area contributed by atoms with Gasteiger partial charge in [0.2, 0.25) is 5.91 Å². The predicted octanol–water partition coefficient (Wildman–Crippen LogP) is 4.51. The lowest BCUT2D eigenvalue weighted by molar-refractivity contribution is -0.116. The molecule has 0 aliphatic carbocycles. The first kappa shape index (κ1) is 22.0. The van der Waals surface area contributed by atoms with Crippen molar-refractivity contribution in [2.45, 2.75) is 13.1 Å². The van der Waals surface area contributed by atoms with Crippen LogP contribution in [-0.4, -0.2) is 30.5 Å². The van der Waals surface area contributed by atoms with E-state index in [0.717, 1.165) is 33.6 Å². The van der Waals surface area contributed by atoms with E-state index in [1.807, 2.05) is 77.7 Å². The molecule has 5 aromatic rings. The van der Waals surface area contributed by atoms with Crippen molar-refractivity contribution in [3.05, 3.63) is 127 Å². The first-order chi connectivity index (χ1) is 17.2. The number of aromatic nitrogens is 5. The zero-order valence-corrected chi connectivity index (χ0v) is 19.0. The quantitative estimate of drug-likeness (QED) is 0.346. The summed E-state index contributed by atoms with van der Waals surface area (Å²) in [5.41, 5.74) is 5.67. The fourth-order valence-corrected chi connectivity index (χ4v) is 3.74. The van der Waals surface area contributed by atoms with E-state index < -0.39 is 0 Å². The van der Waals surface area contributed by atoms with Gasteiger partial charge < -0.3 is 5.32 Å². The van der Waals surface area contributed by atoms with Gasteiger partial charge in [0.05, 0.1) is 12.2 Å². The molecule has 35 heavy (non-hydrogen) atoms. The molecule has 0 radical (unpaired) electrons. The van der Waals surface area contributed by atoms with Gasteiger partial charge in [-0.3, -0.25) is 14.5 Å². The molecular formula is C28H24N6O. The maximum atomic E-state index is 12.5. The van der Waals surface area contributed by atoms with Gasteiger partial charge >= 0.3 is 0 Å². The van der Waals surface area contributed by atoms with Crippen LogP contribution in [0.2, 0.25) is 0 Å². The Balaban J connectivity index is 1.27. The zero-order valence-electron chi connectivity index (χ0n) is 19.0. The number of hydrogen-bond acceptors (Lipinski definition) is 4. The van der Waals surface area contributed by atoms with Crippen molar-refractivity contribution in [1.29, 1.82) is 0 Å². The first-order valence-corrected chi connectivity index (χ1v) is 11.3. The highest BCUT2D eigenvalue weighted by Crippen LogP contribution is 2.23. The summed E-state index contributed by atoms with van der Waals surface area (Å²) >= 11 is 0. The van der Waals surface area contributed by atoms with Gasteiger partial charge in [-0.25, -0.2) is 4.68 Å². The van der Waals surface area contributed by atoms with Crippen LogP contribution in [0, 0.1) is 0 Å². The number of amides is 1. The second kappa shape index (κ2) is 10.4. The Labute approximate surface area is 203 Å². The molecule has 0 saturated carbocycles. The van der Waals surface area contributed by atoms with Crippen molar-refractivity contribution in [2.24, 2.45) is 0 Å². The van der Waals surface area contributed by atoms with Crippen LogP contribution < -0.4 is 5.32 Å². The summed E-state index contributed by atoms with van der Waals surface area (Å²) in [6.45, 7) is 1.08. The maximum absolute atomic E-state index is 12.5. The van der Waals surface area contributed by atoms with Crippen LogP contribution in [0.3, 0.4) is 0 Å². The average molecular weight is 461 g/mol. The topological polar surface area (TPSA) is 77.6 Å². The third-order valence-electron chi connectivity index (χ3n) is 5.50. The van der Waals surface area contributed by atoms with Gasteiger partial charge in [-0.05, 0) is 47.5 Å². The number of nitrogens with one attached hydrogen (secondary N) is 1. The number of rotatable bonds is 8. The molecule has 0 spiro atoms. The normalized spacial score (nSPS) is 11.1. The third kappa shape index (κ3) is 5.59. The minimum absolute atomic E-state index is 0.172. The summed E-state index contributed by atoms with van der Waals surface area (Å²) in [5.74, 6) is -0.172. The fraction of sp³-hybridized carbons (Fsp3) is 0.0714. The van der Waals surface area contributed by atoms with E-state index in [9.17, 15) is 4.79 Å². The van der Waals surface area contributed by atoms with Crippen molar-refractivity contribution in [2.75, 3.05) is 0 Å². The summed E-state index contributed by atoms with van der Waals surface area (Å²) in [6.07, 6.45) is 12.4. The van der Waals surface area contributed by atoms with Crippen LogP contribution in [0.25, 0.3) is 23.0 Å². The van der Waals surface area contributed by atoms with E-state index in [2.05, 4.69) is 27.5 Å². The monoisotopic (exact) mass is 460 g/mol. The lowest BCUT2D eigenvalue weighted by Gasteiger charge is -2.05. The van der Waals surface area contributed by atoms with Crippen molar-refractivity contribution in [3.63, 3.8) is 0 Å². The van der Waals surface area contributed by atoms with Crippen LogP contribution in [0.1, 0.15) is 16.7 Å². The number of nitrogens with zero attached hydrogens (tertiary/aromatic N) is 5. The first-order valence-electron chi connectivity index (χ1n) is 11.3. The lowest BCUT2D eigenvalue weighted by atomic mass is 10.1.